The number of amides is 1. The molecule has 1 aliphatic rings. The lowest BCUT2D eigenvalue weighted by Gasteiger charge is -2.30. The van der Waals surface area contributed by atoms with Gasteiger partial charge in [0.1, 0.15) is 28.7 Å². The smallest absolute Gasteiger partial charge is 0.256 e. The van der Waals surface area contributed by atoms with Crippen molar-refractivity contribution in [2.45, 2.75) is 18.9 Å². The average Bonchev–Trinajstić information content (AvgIpc) is 3.59. The van der Waals surface area contributed by atoms with Crippen molar-refractivity contribution < 1.29 is 14.3 Å². The van der Waals surface area contributed by atoms with Gasteiger partial charge in [-0.1, -0.05) is 18.2 Å². The predicted octanol–water partition coefficient (Wildman–Crippen LogP) is 6.12. The molecule has 204 valence electrons. The number of para-hydroxylation sites is 1. The Labute approximate surface area is 232 Å². The molecule has 9 nitrogen and oxygen atoms in total. The molecule has 2 aromatic heterocycles. The molecule has 3 aromatic carbocycles. The van der Waals surface area contributed by atoms with Crippen molar-refractivity contribution in [1.29, 1.82) is 0 Å². The van der Waals surface area contributed by atoms with E-state index in [2.05, 4.69) is 37.8 Å². The third-order valence-electron chi connectivity index (χ3n) is 7.24. The molecule has 40 heavy (non-hydrogen) atoms. The number of nitrogens with zero attached hydrogens (tertiary/aromatic N) is 2. The number of fused-ring (bicyclic) bond motifs is 1. The van der Waals surface area contributed by atoms with Crippen LogP contribution in [0.5, 0.6) is 17.2 Å². The highest BCUT2D eigenvalue weighted by Crippen LogP contribution is 2.40. The van der Waals surface area contributed by atoms with Crippen LogP contribution in [0, 0.1) is 0 Å². The summed E-state index contributed by atoms with van der Waals surface area (Å²) in [6.45, 7) is 2.19. The number of piperidine rings is 1. The zero-order chi connectivity index (χ0) is 27.5. The molecule has 0 atom stereocenters. The molecule has 1 saturated heterocycles. The van der Waals surface area contributed by atoms with Crippen LogP contribution < -0.4 is 20.1 Å². The van der Waals surface area contributed by atoms with Crippen molar-refractivity contribution in [1.82, 2.24) is 20.1 Å². The molecule has 6 rings (SSSR count). The number of rotatable bonds is 8. The van der Waals surface area contributed by atoms with E-state index in [4.69, 9.17) is 9.47 Å². The van der Waals surface area contributed by atoms with Gasteiger partial charge in [0.05, 0.1) is 7.11 Å². The first-order valence-corrected chi connectivity index (χ1v) is 13.4. The summed E-state index contributed by atoms with van der Waals surface area (Å²) in [5, 5.41) is 14.8. The maximum atomic E-state index is 13.0. The van der Waals surface area contributed by atoms with Gasteiger partial charge in [-0.25, -0.2) is 0 Å². The van der Waals surface area contributed by atoms with Crippen molar-refractivity contribution in [3.63, 3.8) is 0 Å². The average molecular weight is 537 g/mol. The van der Waals surface area contributed by atoms with Crippen LogP contribution in [-0.4, -0.2) is 59.3 Å². The van der Waals surface area contributed by atoms with Crippen LogP contribution in [0.15, 0.2) is 78.9 Å². The number of aromatic amines is 2. The summed E-state index contributed by atoms with van der Waals surface area (Å²) in [6.07, 6.45) is 2.23. The first-order valence-electron chi connectivity index (χ1n) is 13.4. The minimum atomic E-state index is -0.217. The number of likely N-dealkylation sites (tertiary alicyclic amines) is 1. The van der Waals surface area contributed by atoms with E-state index in [0.717, 1.165) is 42.5 Å². The van der Waals surface area contributed by atoms with Crippen LogP contribution in [-0.2, 0) is 0 Å². The standard InChI is InChI=1S/C31H32N6O3/c1-37-16-14-22(15-17-37)32-21-12-10-20(11-13-21)31(38)34-28-19-27(35-36-28)29-30(25-8-3-4-9-26(25)33-29)40-24-7-5-6-23(18-24)39-2/h3-13,18-19,22,32-33H,14-17H2,1-2H3,(H2,34,35,36,38). The van der Waals surface area contributed by atoms with Gasteiger partial charge in [-0.3, -0.25) is 9.89 Å². The van der Waals surface area contributed by atoms with Crippen molar-refractivity contribution in [3.8, 4) is 28.6 Å². The van der Waals surface area contributed by atoms with E-state index in [0.29, 0.717) is 46.1 Å². The molecule has 0 unspecified atom stereocenters. The van der Waals surface area contributed by atoms with Gasteiger partial charge in [0.2, 0.25) is 0 Å². The Balaban J connectivity index is 1.18. The van der Waals surface area contributed by atoms with E-state index in [1.165, 1.54) is 0 Å². The van der Waals surface area contributed by atoms with Gasteiger partial charge < -0.3 is 30.0 Å². The van der Waals surface area contributed by atoms with Gasteiger partial charge in [-0.2, -0.15) is 5.10 Å². The number of carbonyl (C=O) groups is 1. The molecule has 0 aliphatic carbocycles. The Hall–Kier alpha value is -4.76. The Morgan fingerprint density at radius 3 is 2.55 bits per heavy atom. The Kier molecular flexibility index (Phi) is 7.11. The highest BCUT2D eigenvalue weighted by molar-refractivity contribution is 6.04. The minimum Gasteiger partial charge on any atom is -0.497 e. The normalized spacial score (nSPS) is 14.2. The van der Waals surface area contributed by atoms with Crippen LogP contribution in [0.1, 0.15) is 23.2 Å². The number of H-pyrrole nitrogens is 2. The van der Waals surface area contributed by atoms with Crippen LogP contribution in [0.25, 0.3) is 22.3 Å². The summed E-state index contributed by atoms with van der Waals surface area (Å²) >= 11 is 0. The second kappa shape index (κ2) is 11.2. The molecule has 3 heterocycles. The number of ether oxygens (including phenoxy) is 2. The van der Waals surface area contributed by atoms with Gasteiger partial charge in [0.15, 0.2) is 5.75 Å². The largest absolute Gasteiger partial charge is 0.497 e. The molecule has 5 aromatic rings. The van der Waals surface area contributed by atoms with Gasteiger partial charge in [0.25, 0.3) is 5.91 Å². The van der Waals surface area contributed by atoms with E-state index in [-0.39, 0.29) is 5.91 Å². The zero-order valence-corrected chi connectivity index (χ0v) is 22.5. The Morgan fingerprint density at radius 1 is 0.975 bits per heavy atom. The molecule has 0 bridgehead atoms. The molecule has 1 amide bonds. The third-order valence-corrected chi connectivity index (χ3v) is 7.24. The molecule has 1 fully saturated rings. The number of nitrogens with one attached hydrogen (secondary N) is 4. The summed E-state index contributed by atoms with van der Waals surface area (Å²) in [5.41, 5.74) is 3.82. The van der Waals surface area contributed by atoms with Crippen molar-refractivity contribution in [2.24, 2.45) is 0 Å². The molecule has 9 heteroatoms. The zero-order valence-electron chi connectivity index (χ0n) is 22.5. The second-order valence-electron chi connectivity index (χ2n) is 10.1. The van der Waals surface area contributed by atoms with E-state index in [9.17, 15) is 4.79 Å². The van der Waals surface area contributed by atoms with Crippen molar-refractivity contribution in [2.75, 3.05) is 37.9 Å². The number of hydrogen-bond acceptors (Lipinski definition) is 6. The molecule has 1 aliphatic heterocycles. The van der Waals surface area contributed by atoms with Gasteiger partial charge in [-0.05, 0) is 81.5 Å². The Morgan fingerprint density at radius 2 is 1.75 bits per heavy atom. The molecule has 0 saturated carbocycles. The second-order valence-corrected chi connectivity index (χ2v) is 10.1. The van der Waals surface area contributed by atoms with Crippen LogP contribution in [0.2, 0.25) is 0 Å². The highest BCUT2D eigenvalue weighted by atomic mass is 16.5. The summed E-state index contributed by atoms with van der Waals surface area (Å²) < 4.78 is 11.7. The lowest BCUT2D eigenvalue weighted by Crippen LogP contribution is -2.36. The fraction of sp³-hybridized carbons (Fsp3) is 0.226. The summed E-state index contributed by atoms with van der Waals surface area (Å²) in [7, 11) is 3.78. The van der Waals surface area contributed by atoms with E-state index in [1.54, 1.807) is 13.2 Å². The number of carbonyl (C=O) groups excluding carboxylic acids is 1. The quantitative estimate of drug-likeness (QED) is 0.190. The van der Waals surface area contributed by atoms with Gasteiger partial charge >= 0.3 is 0 Å². The van der Waals surface area contributed by atoms with Gasteiger partial charge in [-0.15, -0.1) is 0 Å². The lowest BCUT2D eigenvalue weighted by molar-refractivity contribution is 0.102. The molecule has 0 radical (unpaired) electrons. The SMILES string of the molecule is COc1cccc(Oc2c(-c3cc(NC(=O)c4ccc(NC5CCN(C)CC5)cc4)[nH]n3)[nH]c3ccccc23)c1. The summed E-state index contributed by atoms with van der Waals surface area (Å²) in [5.74, 6) is 2.25. The fourth-order valence-electron chi connectivity index (χ4n) is 5.00. The highest BCUT2D eigenvalue weighted by Gasteiger charge is 2.19. The monoisotopic (exact) mass is 536 g/mol. The van der Waals surface area contributed by atoms with Gasteiger partial charge in [0, 0.05) is 40.3 Å². The molecule has 0 spiro atoms. The third kappa shape index (κ3) is 5.50. The number of aromatic nitrogens is 3. The van der Waals surface area contributed by atoms with Crippen molar-refractivity contribution >= 4 is 28.3 Å². The van der Waals surface area contributed by atoms with Crippen molar-refractivity contribution in [3.05, 3.63) is 84.4 Å². The minimum absolute atomic E-state index is 0.217. The summed E-state index contributed by atoms with van der Waals surface area (Å²) in [4.78, 5) is 18.7. The lowest BCUT2D eigenvalue weighted by atomic mass is 10.0. The van der Waals surface area contributed by atoms with Crippen LogP contribution in [0.3, 0.4) is 0 Å². The Bertz CT molecular complexity index is 1620. The van der Waals surface area contributed by atoms with Crippen LogP contribution >= 0.6 is 0 Å². The molecule has 4 N–H and O–H groups in total. The van der Waals surface area contributed by atoms with Crippen LogP contribution in [0.4, 0.5) is 11.5 Å². The summed E-state index contributed by atoms with van der Waals surface area (Å²) in [6, 6.07) is 25.2. The van der Waals surface area contributed by atoms with E-state index >= 15 is 0 Å². The first kappa shape index (κ1) is 25.5. The number of benzene rings is 3. The molecular weight excluding hydrogens is 504 g/mol. The topological polar surface area (TPSA) is 107 Å². The predicted molar refractivity (Wildman–Crippen MR) is 157 cm³/mol. The first-order chi connectivity index (χ1) is 19.6. The maximum Gasteiger partial charge on any atom is 0.256 e. The number of anilines is 2. The number of methoxy groups -OCH3 is 1. The van der Waals surface area contributed by atoms with E-state index in [1.807, 2.05) is 72.8 Å². The number of hydrogen-bond donors (Lipinski definition) is 4. The molecular formula is C31H32N6O3. The van der Waals surface area contributed by atoms with E-state index < -0.39 is 0 Å². The maximum absolute atomic E-state index is 13.0. The fourth-order valence-corrected chi connectivity index (χ4v) is 5.00.